The molecule has 21 heavy (non-hydrogen) atoms. The van der Waals surface area contributed by atoms with E-state index in [4.69, 9.17) is 11.6 Å². The number of nitrogens with zero attached hydrogens (tertiary/aromatic N) is 1. The molecule has 2 amide bonds. The highest BCUT2D eigenvalue weighted by Crippen LogP contribution is 2.30. The number of hydrogen-bond donors (Lipinski definition) is 1. The van der Waals surface area contributed by atoms with Gasteiger partial charge in [0.2, 0.25) is 5.91 Å². The normalized spacial score (nSPS) is 26.2. The molecular formula is C16H19ClN2O2. The Bertz CT molecular complexity index is 559. The lowest BCUT2D eigenvalue weighted by Crippen LogP contribution is -2.66. The van der Waals surface area contributed by atoms with E-state index < -0.39 is 11.6 Å². The van der Waals surface area contributed by atoms with Gasteiger partial charge in [-0.15, -0.1) is 0 Å². The molecule has 4 nitrogen and oxygen atoms in total. The molecule has 112 valence electrons. The zero-order valence-electron chi connectivity index (χ0n) is 12.2. The van der Waals surface area contributed by atoms with Crippen molar-refractivity contribution in [3.05, 3.63) is 47.5 Å². The van der Waals surface area contributed by atoms with Crippen molar-refractivity contribution in [1.29, 1.82) is 0 Å². The van der Waals surface area contributed by atoms with Gasteiger partial charge in [0.25, 0.3) is 5.91 Å². The summed E-state index contributed by atoms with van der Waals surface area (Å²) in [7, 11) is 0. The lowest BCUT2D eigenvalue weighted by atomic mass is 9.89. The van der Waals surface area contributed by atoms with Gasteiger partial charge in [0.1, 0.15) is 11.6 Å². The number of benzene rings is 1. The van der Waals surface area contributed by atoms with Gasteiger partial charge in [-0.1, -0.05) is 54.9 Å². The Kier molecular flexibility index (Phi) is 4.68. The van der Waals surface area contributed by atoms with Crippen molar-refractivity contribution in [3.8, 4) is 0 Å². The third-order valence-electron chi connectivity index (χ3n) is 4.07. The molecule has 5 heteroatoms. The molecule has 1 aliphatic heterocycles. The third-order valence-corrected chi connectivity index (χ3v) is 4.25. The van der Waals surface area contributed by atoms with Crippen LogP contribution >= 0.6 is 11.6 Å². The van der Waals surface area contributed by atoms with E-state index in [1.165, 1.54) is 5.54 Å². The van der Waals surface area contributed by atoms with Gasteiger partial charge < -0.3 is 10.2 Å². The Hall–Kier alpha value is -1.81. The summed E-state index contributed by atoms with van der Waals surface area (Å²) in [6, 6.07) is 8.63. The van der Waals surface area contributed by atoms with Gasteiger partial charge in [-0.05, 0) is 18.9 Å². The standard InChI is InChI=1S/C16H19ClN2O2/c1-3-16(2)15(21)18-13(12-8-5-4-6-9-12)14(20)19(16)11-7-10-17/h4-10,13H,3,11H2,1-2H3,(H,18,21)/b10-7+. The predicted octanol–water partition coefficient (Wildman–Crippen LogP) is 2.61. The first-order chi connectivity index (χ1) is 10.0. The van der Waals surface area contributed by atoms with Crippen molar-refractivity contribution in [2.75, 3.05) is 6.54 Å². The quantitative estimate of drug-likeness (QED) is 0.929. The lowest BCUT2D eigenvalue weighted by Gasteiger charge is -2.45. The van der Waals surface area contributed by atoms with Crippen LogP contribution in [0.4, 0.5) is 0 Å². The summed E-state index contributed by atoms with van der Waals surface area (Å²) in [4.78, 5) is 26.9. The van der Waals surface area contributed by atoms with Crippen molar-refractivity contribution >= 4 is 23.4 Å². The van der Waals surface area contributed by atoms with E-state index in [1.807, 2.05) is 37.3 Å². The molecule has 0 aromatic heterocycles. The van der Waals surface area contributed by atoms with Crippen LogP contribution in [0.25, 0.3) is 0 Å². The van der Waals surface area contributed by atoms with Gasteiger partial charge in [0, 0.05) is 12.1 Å². The summed E-state index contributed by atoms with van der Waals surface area (Å²) in [5.41, 5.74) is 1.31. The first kappa shape index (κ1) is 15.6. The molecule has 1 saturated heterocycles. The van der Waals surface area contributed by atoms with Crippen LogP contribution in [0.3, 0.4) is 0 Å². The zero-order valence-corrected chi connectivity index (χ0v) is 12.9. The van der Waals surface area contributed by atoms with Crippen molar-refractivity contribution in [2.24, 2.45) is 0 Å². The summed E-state index contributed by atoms with van der Waals surface area (Å²) < 4.78 is 0. The van der Waals surface area contributed by atoms with Gasteiger partial charge in [-0.3, -0.25) is 9.59 Å². The smallest absolute Gasteiger partial charge is 0.250 e. The largest absolute Gasteiger partial charge is 0.338 e. The molecule has 2 atom stereocenters. The van der Waals surface area contributed by atoms with Gasteiger partial charge in [-0.2, -0.15) is 0 Å². The fourth-order valence-corrected chi connectivity index (χ4v) is 2.61. The molecule has 2 rings (SSSR count). The minimum absolute atomic E-state index is 0.111. The van der Waals surface area contributed by atoms with E-state index >= 15 is 0 Å². The molecule has 1 aromatic carbocycles. The van der Waals surface area contributed by atoms with Crippen LogP contribution in [0.2, 0.25) is 0 Å². The third kappa shape index (κ3) is 2.81. The second-order valence-electron chi connectivity index (χ2n) is 5.26. The van der Waals surface area contributed by atoms with Gasteiger partial charge >= 0.3 is 0 Å². The predicted molar refractivity (Wildman–Crippen MR) is 82.7 cm³/mol. The molecule has 0 bridgehead atoms. The minimum atomic E-state index is -0.848. The number of rotatable bonds is 4. The zero-order chi connectivity index (χ0) is 15.5. The first-order valence-electron chi connectivity index (χ1n) is 6.97. The molecule has 1 aliphatic rings. The van der Waals surface area contributed by atoms with E-state index in [0.29, 0.717) is 13.0 Å². The van der Waals surface area contributed by atoms with Gasteiger partial charge in [-0.25, -0.2) is 0 Å². The van der Waals surface area contributed by atoms with E-state index in [1.54, 1.807) is 17.9 Å². The second kappa shape index (κ2) is 6.31. The molecular weight excluding hydrogens is 288 g/mol. The number of piperazine rings is 1. The molecule has 0 spiro atoms. The SMILES string of the molecule is CCC1(C)C(=O)NC(c2ccccc2)C(=O)N1C/C=C/Cl. The average Bonchev–Trinajstić information content (AvgIpc) is 2.51. The summed E-state index contributed by atoms with van der Waals surface area (Å²) >= 11 is 5.58. The van der Waals surface area contributed by atoms with Crippen LogP contribution in [-0.4, -0.2) is 28.8 Å². The highest BCUT2D eigenvalue weighted by atomic mass is 35.5. The topological polar surface area (TPSA) is 49.4 Å². The average molecular weight is 307 g/mol. The Balaban J connectivity index is 2.38. The molecule has 1 heterocycles. The molecule has 1 fully saturated rings. The van der Waals surface area contributed by atoms with Crippen LogP contribution < -0.4 is 5.32 Å². The minimum Gasteiger partial charge on any atom is -0.338 e. The summed E-state index contributed by atoms with van der Waals surface area (Å²) in [5.74, 6) is -0.249. The molecule has 1 N–H and O–H groups in total. The number of nitrogens with one attached hydrogen (secondary N) is 1. The number of carbonyl (C=O) groups excluding carboxylic acids is 2. The van der Waals surface area contributed by atoms with Crippen LogP contribution in [-0.2, 0) is 9.59 Å². The van der Waals surface area contributed by atoms with E-state index in [-0.39, 0.29) is 11.8 Å². The molecule has 0 radical (unpaired) electrons. The van der Waals surface area contributed by atoms with Gasteiger partial charge in [0.05, 0.1) is 0 Å². The summed E-state index contributed by atoms with van der Waals surface area (Å²) in [6.45, 7) is 4.00. The monoisotopic (exact) mass is 306 g/mol. The number of halogens is 1. The van der Waals surface area contributed by atoms with Gasteiger partial charge in [0.15, 0.2) is 0 Å². The fraction of sp³-hybridized carbons (Fsp3) is 0.375. The maximum absolute atomic E-state index is 12.8. The summed E-state index contributed by atoms with van der Waals surface area (Å²) in [5, 5.41) is 2.84. The fourth-order valence-electron chi connectivity index (χ4n) is 2.53. The lowest BCUT2D eigenvalue weighted by molar-refractivity contribution is -0.156. The second-order valence-corrected chi connectivity index (χ2v) is 5.51. The maximum Gasteiger partial charge on any atom is 0.250 e. The highest BCUT2D eigenvalue weighted by Gasteiger charge is 2.48. The van der Waals surface area contributed by atoms with E-state index in [2.05, 4.69) is 5.32 Å². The molecule has 1 aromatic rings. The summed E-state index contributed by atoms with van der Waals surface area (Å²) in [6.07, 6.45) is 2.22. The van der Waals surface area contributed by atoms with E-state index in [9.17, 15) is 9.59 Å². The number of hydrogen-bond acceptors (Lipinski definition) is 2. The van der Waals surface area contributed by atoms with Crippen molar-refractivity contribution < 1.29 is 9.59 Å². The van der Waals surface area contributed by atoms with Crippen LogP contribution in [0.1, 0.15) is 31.9 Å². The molecule has 2 unspecified atom stereocenters. The Morgan fingerprint density at radius 2 is 2.00 bits per heavy atom. The maximum atomic E-state index is 12.8. The van der Waals surface area contributed by atoms with Crippen molar-refractivity contribution in [3.63, 3.8) is 0 Å². The molecule has 0 saturated carbocycles. The Morgan fingerprint density at radius 3 is 2.57 bits per heavy atom. The molecule has 0 aliphatic carbocycles. The number of carbonyl (C=O) groups is 2. The van der Waals surface area contributed by atoms with Crippen LogP contribution in [0.15, 0.2) is 41.9 Å². The van der Waals surface area contributed by atoms with Crippen LogP contribution in [0, 0.1) is 0 Å². The highest BCUT2D eigenvalue weighted by molar-refractivity contribution is 6.25. The Morgan fingerprint density at radius 1 is 1.33 bits per heavy atom. The first-order valence-corrected chi connectivity index (χ1v) is 7.41. The van der Waals surface area contributed by atoms with Crippen molar-refractivity contribution in [2.45, 2.75) is 31.8 Å². The van der Waals surface area contributed by atoms with Crippen molar-refractivity contribution in [1.82, 2.24) is 10.2 Å². The number of amides is 2. The Labute approximate surface area is 129 Å². The van der Waals surface area contributed by atoms with Crippen LogP contribution in [0.5, 0.6) is 0 Å². The van der Waals surface area contributed by atoms with E-state index in [0.717, 1.165) is 5.56 Å².